The third-order valence-corrected chi connectivity index (χ3v) is 4.64. The van der Waals surface area contributed by atoms with Crippen molar-refractivity contribution in [3.8, 4) is 5.75 Å². The van der Waals surface area contributed by atoms with Crippen molar-refractivity contribution in [3.05, 3.63) is 28.3 Å². The van der Waals surface area contributed by atoms with Gasteiger partial charge in [0.1, 0.15) is 5.75 Å². The second-order valence-corrected chi connectivity index (χ2v) is 6.54. The van der Waals surface area contributed by atoms with Gasteiger partial charge in [0, 0.05) is 18.1 Å². The number of benzene rings is 1. The van der Waals surface area contributed by atoms with E-state index >= 15 is 0 Å². The summed E-state index contributed by atoms with van der Waals surface area (Å²) in [6.45, 7) is 9.58. The Morgan fingerprint density at radius 1 is 1.38 bits per heavy atom. The van der Waals surface area contributed by atoms with Crippen LogP contribution in [0.3, 0.4) is 0 Å². The molecule has 0 radical (unpaired) electrons. The molecule has 1 aliphatic heterocycles. The Morgan fingerprint density at radius 2 is 2.00 bits per heavy atom. The fourth-order valence-corrected chi connectivity index (χ4v) is 2.98. The number of likely N-dealkylation sites (tertiary alicyclic amines) is 1. The Kier molecular flexibility index (Phi) is 5.15. The molecule has 4 heteroatoms. The zero-order valence-corrected chi connectivity index (χ0v) is 14.0. The van der Waals surface area contributed by atoms with Crippen LogP contribution in [0.2, 0.25) is 5.02 Å². The number of ether oxygens (including phenoxy) is 1. The fourth-order valence-electron chi connectivity index (χ4n) is 2.88. The number of rotatable bonds is 3. The number of nitrogens with zero attached hydrogens (tertiary/aromatic N) is 1. The number of halogens is 1. The molecular formula is C17H24ClNO2. The molecule has 0 spiro atoms. The molecule has 1 amide bonds. The molecule has 0 saturated carbocycles. The summed E-state index contributed by atoms with van der Waals surface area (Å²) in [6, 6.07) is 3.77. The smallest absolute Gasteiger partial charge is 0.263 e. The minimum Gasteiger partial charge on any atom is -0.481 e. The monoisotopic (exact) mass is 309 g/mol. The molecule has 0 bridgehead atoms. The molecule has 0 aromatic heterocycles. The molecule has 2 atom stereocenters. The molecule has 1 aromatic rings. The Bertz CT molecular complexity index is 507. The summed E-state index contributed by atoms with van der Waals surface area (Å²) in [6.07, 6.45) is 1.82. The van der Waals surface area contributed by atoms with Crippen LogP contribution in [-0.4, -0.2) is 30.0 Å². The van der Waals surface area contributed by atoms with Gasteiger partial charge in [-0.1, -0.05) is 18.5 Å². The number of aryl methyl sites for hydroxylation is 2. The van der Waals surface area contributed by atoms with Crippen molar-refractivity contribution < 1.29 is 9.53 Å². The molecule has 1 saturated heterocycles. The van der Waals surface area contributed by atoms with Gasteiger partial charge in [-0.05, 0) is 62.8 Å². The number of hydrogen-bond donors (Lipinski definition) is 0. The topological polar surface area (TPSA) is 29.5 Å². The highest BCUT2D eigenvalue weighted by Gasteiger charge is 2.26. The van der Waals surface area contributed by atoms with Crippen molar-refractivity contribution in [2.45, 2.75) is 46.6 Å². The minimum atomic E-state index is -0.463. The lowest BCUT2D eigenvalue weighted by atomic mass is 10.00. The third kappa shape index (κ3) is 3.91. The number of carbonyl (C=O) groups is 1. The van der Waals surface area contributed by atoms with Crippen molar-refractivity contribution >= 4 is 17.5 Å². The van der Waals surface area contributed by atoms with Gasteiger partial charge in [-0.3, -0.25) is 4.79 Å². The Hall–Kier alpha value is -1.22. The maximum Gasteiger partial charge on any atom is 0.263 e. The summed E-state index contributed by atoms with van der Waals surface area (Å²) >= 11 is 6.16. The van der Waals surface area contributed by atoms with Crippen LogP contribution in [0.1, 0.15) is 37.8 Å². The molecule has 0 aliphatic carbocycles. The molecule has 3 nitrogen and oxygen atoms in total. The van der Waals surface area contributed by atoms with E-state index in [-0.39, 0.29) is 5.91 Å². The molecule has 1 aliphatic rings. The van der Waals surface area contributed by atoms with Gasteiger partial charge < -0.3 is 9.64 Å². The first-order valence-electron chi connectivity index (χ1n) is 7.60. The summed E-state index contributed by atoms with van der Waals surface area (Å²) in [7, 11) is 0. The van der Waals surface area contributed by atoms with Crippen LogP contribution in [0.5, 0.6) is 5.75 Å². The van der Waals surface area contributed by atoms with E-state index in [2.05, 4.69) is 6.92 Å². The molecule has 21 heavy (non-hydrogen) atoms. The van der Waals surface area contributed by atoms with Crippen molar-refractivity contribution in [1.82, 2.24) is 4.90 Å². The number of hydrogen-bond acceptors (Lipinski definition) is 2. The minimum absolute atomic E-state index is 0.0757. The molecule has 0 N–H and O–H groups in total. The third-order valence-electron chi connectivity index (χ3n) is 4.04. The summed E-state index contributed by atoms with van der Waals surface area (Å²) in [5.41, 5.74) is 1.94. The van der Waals surface area contributed by atoms with Crippen molar-refractivity contribution in [1.29, 1.82) is 0 Å². The van der Waals surface area contributed by atoms with Gasteiger partial charge in [-0.15, -0.1) is 0 Å². The summed E-state index contributed by atoms with van der Waals surface area (Å²) in [5, 5.41) is 0.756. The molecule has 0 unspecified atom stereocenters. The van der Waals surface area contributed by atoms with Crippen LogP contribution in [0.4, 0.5) is 0 Å². The van der Waals surface area contributed by atoms with E-state index in [0.717, 1.165) is 35.7 Å². The highest BCUT2D eigenvalue weighted by atomic mass is 35.5. The summed E-state index contributed by atoms with van der Waals surface area (Å²) in [5.74, 6) is 1.36. The zero-order chi connectivity index (χ0) is 15.6. The van der Waals surface area contributed by atoms with Crippen LogP contribution < -0.4 is 4.74 Å². The lowest BCUT2D eigenvalue weighted by molar-refractivity contribution is -0.139. The van der Waals surface area contributed by atoms with Gasteiger partial charge >= 0.3 is 0 Å². The lowest BCUT2D eigenvalue weighted by Crippen LogP contribution is -2.45. The van der Waals surface area contributed by atoms with Crippen molar-refractivity contribution in [2.75, 3.05) is 13.1 Å². The highest BCUT2D eigenvalue weighted by Crippen LogP contribution is 2.27. The number of carbonyl (C=O) groups excluding carboxylic acids is 1. The average Bonchev–Trinajstić information content (AvgIpc) is 2.43. The molecule has 1 heterocycles. The largest absolute Gasteiger partial charge is 0.481 e. The highest BCUT2D eigenvalue weighted by molar-refractivity contribution is 6.32. The normalized spacial score (nSPS) is 20.2. The van der Waals surface area contributed by atoms with E-state index in [1.807, 2.05) is 37.8 Å². The summed E-state index contributed by atoms with van der Waals surface area (Å²) in [4.78, 5) is 14.4. The van der Waals surface area contributed by atoms with Crippen LogP contribution in [0.25, 0.3) is 0 Å². The van der Waals surface area contributed by atoms with E-state index in [4.69, 9.17) is 16.3 Å². The SMILES string of the molecule is Cc1cc(O[C@H](C)C(=O)N2CCC[C@H](C)C2)cc(C)c1Cl. The van der Waals surface area contributed by atoms with E-state index in [1.54, 1.807) is 0 Å². The van der Waals surface area contributed by atoms with Gasteiger partial charge in [0.2, 0.25) is 0 Å². The second-order valence-electron chi connectivity index (χ2n) is 6.16. The lowest BCUT2D eigenvalue weighted by Gasteiger charge is -2.32. The first-order chi connectivity index (χ1) is 9.88. The van der Waals surface area contributed by atoms with E-state index in [9.17, 15) is 4.79 Å². The molecule has 1 aromatic carbocycles. The van der Waals surface area contributed by atoms with Crippen molar-refractivity contribution in [3.63, 3.8) is 0 Å². The number of amides is 1. The quantitative estimate of drug-likeness (QED) is 0.845. The van der Waals surface area contributed by atoms with E-state index < -0.39 is 6.10 Å². The molecular weight excluding hydrogens is 286 g/mol. The maximum absolute atomic E-state index is 12.5. The molecule has 1 fully saturated rings. The Balaban J connectivity index is 2.03. The van der Waals surface area contributed by atoms with Gasteiger partial charge in [0.05, 0.1) is 0 Å². The standard InChI is InChI=1S/C17H24ClNO2/c1-11-6-5-7-19(10-11)17(20)14(4)21-15-8-12(2)16(18)13(3)9-15/h8-9,11,14H,5-7,10H2,1-4H3/t11-,14+/m0/s1. The molecule has 116 valence electrons. The van der Waals surface area contributed by atoms with E-state index in [1.165, 1.54) is 6.42 Å². The first-order valence-corrected chi connectivity index (χ1v) is 7.98. The first kappa shape index (κ1) is 16.2. The van der Waals surface area contributed by atoms with Crippen molar-refractivity contribution in [2.24, 2.45) is 5.92 Å². The summed E-state index contributed by atoms with van der Waals surface area (Å²) < 4.78 is 5.83. The van der Waals surface area contributed by atoms with Gasteiger partial charge in [0.25, 0.3) is 5.91 Å². The number of piperidine rings is 1. The van der Waals surface area contributed by atoms with Crippen LogP contribution in [-0.2, 0) is 4.79 Å². The fraction of sp³-hybridized carbons (Fsp3) is 0.588. The maximum atomic E-state index is 12.5. The van der Waals surface area contributed by atoms with Crippen LogP contribution in [0.15, 0.2) is 12.1 Å². The van der Waals surface area contributed by atoms with Gasteiger partial charge in [0.15, 0.2) is 6.10 Å². The van der Waals surface area contributed by atoms with Crippen LogP contribution >= 0.6 is 11.6 Å². The van der Waals surface area contributed by atoms with Gasteiger partial charge in [-0.25, -0.2) is 0 Å². The van der Waals surface area contributed by atoms with Crippen LogP contribution in [0, 0.1) is 19.8 Å². The predicted molar refractivity (Wildman–Crippen MR) is 86.0 cm³/mol. The van der Waals surface area contributed by atoms with Gasteiger partial charge in [-0.2, -0.15) is 0 Å². The predicted octanol–water partition coefficient (Wildman–Crippen LogP) is 3.98. The Morgan fingerprint density at radius 3 is 2.57 bits per heavy atom. The van der Waals surface area contributed by atoms with E-state index in [0.29, 0.717) is 11.7 Å². The molecule has 2 rings (SSSR count). The average molecular weight is 310 g/mol. The second kappa shape index (κ2) is 6.69. The zero-order valence-electron chi connectivity index (χ0n) is 13.3. The Labute approximate surface area is 132 Å².